The van der Waals surface area contributed by atoms with Crippen molar-refractivity contribution in [1.29, 1.82) is 0 Å². The summed E-state index contributed by atoms with van der Waals surface area (Å²) in [6.07, 6.45) is 5.95. The van der Waals surface area contributed by atoms with Crippen molar-refractivity contribution in [3.8, 4) is 5.75 Å². The second kappa shape index (κ2) is 35.3. The molecule has 0 fully saturated rings. The monoisotopic (exact) mass is 1090 g/mol. The minimum atomic E-state index is -5.81. The molecule has 1 rings (SSSR count). The summed E-state index contributed by atoms with van der Waals surface area (Å²) in [7, 11) is -7.36. The van der Waals surface area contributed by atoms with E-state index in [1.807, 2.05) is 62.3 Å². The third-order valence-corrected chi connectivity index (χ3v) is 19.8. The van der Waals surface area contributed by atoms with Crippen LogP contribution in [0.1, 0.15) is 135 Å². The number of methoxy groups -OCH3 is 1. The molecule has 0 saturated carbocycles. The molecule has 0 aliphatic rings. The molecule has 0 heterocycles. The maximum absolute atomic E-state index is 13.6. The van der Waals surface area contributed by atoms with Crippen LogP contribution in [0.15, 0.2) is 4.90 Å². The van der Waals surface area contributed by atoms with E-state index < -0.39 is 82.9 Å². The molecule has 0 aliphatic heterocycles. The molecule has 1 aromatic carbocycles. The van der Waals surface area contributed by atoms with Gasteiger partial charge in [0.05, 0.1) is 54.7 Å². The van der Waals surface area contributed by atoms with Gasteiger partial charge in [-0.2, -0.15) is 8.78 Å². The zero-order chi connectivity index (χ0) is 55.5. The summed E-state index contributed by atoms with van der Waals surface area (Å²) in [6.45, 7) is 35.3. The SMILES string of the molecule is CCC(C)(C)C(=O)OCCO.CCC(C)(C)C(=O)OCCOCCOC.CCC(C)(C)C(=O)Oc1c(F)c(F)c(S(=O)(=O)[O-])c(F)c1F.CCCC[Si](C)(C)O[Si](C)(C)CCCOC(=O)C(C)(C)CC.[Na+]. The van der Waals surface area contributed by atoms with Crippen LogP contribution in [0.4, 0.5) is 17.6 Å². The molecule has 0 unspecified atom stereocenters. The summed E-state index contributed by atoms with van der Waals surface area (Å²) in [4.78, 5) is 43.9. The molecular formula is C48H87F4NaO15SSi2. The number of carbonyl (C=O) groups excluding carboxylic acids is 4. The molecule has 0 spiro atoms. The predicted molar refractivity (Wildman–Crippen MR) is 264 cm³/mol. The van der Waals surface area contributed by atoms with Gasteiger partial charge >= 0.3 is 53.4 Å². The van der Waals surface area contributed by atoms with Crippen molar-refractivity contribution >= 4 is 50.6 Å². The number of hydrogen-bond donors (Lipinski definition) is 1. The third kappa shape index (κ3) is 30.2. The van der Waals surface area contributed by atoms with Crippen LogP contribution in [0.5, 0.6) is 5.75 Å². The number of aliphatic hydroxyl groups is 1. The van der Waals surface area contributed by atoms with Gasteiger partial charge in [-0.25, -0.2) is 17.2 Å². The Kier molecular flexibility index (Phi) is 37.5. The van der Waals surface area contributed by atoms with Gasteiger partial charge < -0.3 is 42.2 Å². The Labute approximate surface area is 447 Å². The number of unbranched alkanes of at least 4 members (excludes halogenated alkanes) is 1. The van der Waals surface area contributed by atoms with E-state index in [2.05, 4.69) is 37.8 Å². The van der Waals surface area contributed by atoms with Gasteiger partial charge in [-0.1, -0.05) is 47.5 Å². The van der Waals surface area contributed by atoms with Crippen LogP contribution < -0.4 is 34.3 Å². The largest absolute Gasteiger partial charge is 1.00 e. The standard InChI is InChI=1S/C17H38O3Si2.C12H12F4O5S.C11H22O4.C8H16O3.Na/c1-9-11-14-21(5,6)20-22(7,8)15-12-13-19-16(18)17(3,4)10-2;1-4-12(2,3)11(17)21-9-5(13)7(15)10(22(18,19)20)8(16)6(9)14;1-5-11(2,3)10(12)15-9-8-14-7-6-13-4;1-4-8(2,3)7(10)11-6-5-9;/h9-15H2,1-8H3;4H2,1-3H3,(H,18,19,20);5-9H2,1-4H3;9H,4-6H2,1-3H3;/q;;;;+1/p-1. The van der Waals surface area contributed by atoms with E-state index in [0.29, 0.717) is 33.0 Å². The molecule has 0 radical (unpaired) electrons. The molecule has 0 amide bonds. The first-order valence-corrected chi connectivity index (χ1v) is 31.5. The second-order valence-electron chi connectivity index (χ2n) is 20.3. The van der Waals surface area contributed by atoms with Crippen LogP contribution in [0.3, 0.4) is 0 Å². The Morgan fingerprint density at radius 1 is 0.563 bits per heavy atom. The normalized spacial score (nSPS) is 12.1. The average molecular weight is 1090 g/mol. The molecule has 71 heavy (non-hydrogen) atoms. The summed E-state index contributed by atoms with van der Waals surface area (Å²) < 4.78 is 122. The van der Waals surface area contributed by atoms with Crippen LogP contribution in [-0.2, 0) is 57.1 Å². The minimum absolute atomic E-state index is 0. The van der Waals surface area contributed by atoms with Crippen molar-refractivity contribution in [3.63, 3.8) is 0 Å². The predicted octanol–water partition coefficient (Wildman–Crippen LogP) is 7.66. The summed E-state index contributed by atoms with van der Waals surface area (Å²) in [5.74, 6) is -12.9. The Morgan fingerprint density at radius 2 is 0.915 bits per heavy atom. The number of esters is 4. The maximum Gasteiger partial charge on any atom is 1.00 e. The van der Waals surface area contributed by atoms with Gasteiger partial charge in [0.15, 0.2) is 28.3 Å². The quantitative estimate of drug-likeness (QED) is 0.0131. The van der Waals surface area contributed by atoms with E-state index in [1.54, 1.807) is 14.0 Å². The Morgan fingerprint density at radius 3 is 1.27 bits per heavy atom. The number of rotatable bonds is 27. The van der Waals surface area contributed by atoms with Gasteiger partial charge in [-0.05, 0) is 126 Å². The first-order valence-electron chi connectivity index (χ1n) is 23.8. The molecule has 0 aromatic heterocycles. The fourth-order valence-electron chi connectivity index (χ4n) is 4.99. The van der Waals surface area contributed by atoms with Gasteiger partial charge in [0.2, 0.25) is 17.4 Å². The van der Waals surface area contributed by atoms with E-state index in [1.165, 1.54) is 32.7 Å². The van der Waals surface area contributed by atoms with Crippen molar-refractivity contribution in [2.24, 2.45) is 21.7 Å². The Bertz CT molecular complexity index is 1840. The molecule has 0 atom stereocenters. The van der Waals surface area contributed by atoms with Crippen LogP contribution in [0.25, 0.3) is 0 Å². The number of benzene rings is 1. The van der Waals surface area contributed by atoms with E-state index in [-0.39, 0.29) is 72.5 Å². The van der Waals surface area contributed by atoms with Crippen LogP contribution in [-0.4, -0.2) is 112 Å². The molecule has 1 N–H and O–H groups in total. The molecular weight excluding hydrogens is 1000 g/mol. The molecule has 412 valence electrons. The second-order valence-corrected chi connectivity index (χ2v) is 30.4. The summed E-state index contributed by atoms with van der Waals surface area (Å²) in [5.41, 5.74) is -2.39. The first-order chi connectivity index (χ1) is 31.9. The van der Waals surface area contributed by atoms with Crippen molar-refractivity contribution in [1.82, 2.24) is 0 Å². The Balaban J connectivity index is -0.000000434. The number of hydrogen-bond acceptors (Lipinski definition) is 15. The first kappa shape index (κ1) is 75.5. The maximum atomic E-state index is 13.6. The van der Waals surface area contributed by atoms with Crippen molar-refractivity contribution < 1.29 is 117 Å². The molecule has 15 nitrogen and oxygen atoms in total. The van der Waals surface area contributed by atoms with Gasteiger partial charge in [0, 0.05) is 7.11 Å². The zero-order valence-electron chi connectivity index (χ0n) is 46.4. The number of carbonyl (C=O) groups is 4. The van der Waals surface area contributed by atoms with Gasteiger partial charge in [0.25, 0.3) is 0 Å². The number of halogens is 4. The van der Waals surface area contributed by atoms with E-state index in [0.717, 1.165) is 31.7 Å². The topological polar surface area (TPSA) is 210 Å². The van der Waals surface area contributed by atoms with Crippen molar-refractivity contribution in [3.05, 3.63) is 23.3 Å². The van der Waals surface area contributed by atoms with Gasteiger partial charge in [0.1, 0.15) is 28.2 Å². The van der Waals surface area contributed by atoms with Gasteiger partial charge in [-0.3, -0.25) is 19.2 Å². The number of ether oxygens (including phenoxy) is 6. The van der Waals surface area contributed by atoms with Crippen LogP contribution in [0, 0.1) is 44.9 Å². The van der Waals surface area contributed by atoms with E-state index in [4.69, 9.17) is 32.9 Å². The minimum Gasteiger partial charge on any atom is -0.744 e. The summed E-state index contributed by atoms with van der Waals surface area (Å²) >= 11 is 0. The third-order valence-electron chi connectivity index (χ3n) is 11.4. The molecule has 0 aliphatic carbocycles. The zero-order valence-corrected chi connectivity index (χ0v) is 51.2. The fraction of sp³-hybridized carbons (Fsp3) is 0.792. The fourth-order valence-corrected chi connectivity index (χ4v) is 14.6. The number of aliphatic hydroxyl groups excluding tert-OH is 1. The van der Waals surface area contributed by atoms with Crippen molar-refractivity contribution in [2.75, 3.05) is 53.4 Å². The summed E-state index contributed by atoms with van der Waals surface area (Å²) in [5, 5.41) is 8.38. The molecule has 0 bridgehead atoms. The summed E-state index contributed by atoms with van der Waals surface area (Å²) in [6, 6.07) is 2.31. The molecule has 1 aromatic rings. The van der Waals surface area contributed by atoms with E-state index in [9.17, 15) is 49.7 Å². The van der Waals surface area contributed by atoms with Crippen LogP contribution in [0.2, 0.25) is 38.3 Å². The smallest absolute Gasteiger partial charge is 0.744 e. The average Bonchev–Trinajstić information content (AvgIpc) is 3.27. The molecule has 23 heteroatoms. The molecule has 0 saturated heterocycles. The van der Waals surface area contributed by atoms with Crippen LogP contribution >= 0.6 is 0 Å². The van der Waals surface area contributed by atoms with Gasteiger partial charge in [-0.15, -0.1) is 0 Å². The Hall–Kier alpha value is -2.00. The van der Waals surface area contributed by atoms with Crippen molar-refractivity contribution in [2.45, 2.75) is 178 Å². The van der Waals surface area contributed by atoms with E-state index >= 15 is 0 Å².